The summed E-state index contributed by atoms with van der Waals surface area (Å²) >= 11 is 0. The fraction of sp³-hybridized carbons (Fsp3) is 0.229. The Morgan fingerprint density at radius 2 is 1.90 bits per heavy atom. The van der Waals surface area contributed by atoms with Crippen LogP contribution in [0.5, 0.6) is 11.5 Å². The quantitative estimate of drug-likeness (QED) is 0.103. The summed E-state index contributed by atoms with van der Waals surface area (Å²) < 4.78 is 23.8. The lowest BCUT2D eigenvalue weighted by Crippen LogP contribution is -2.33. The van der Waals surface area contributed by atoms with E-state index >= 15 is 0 Å². The first-order chi connectivity index (χ1) is 23.1. The van der Waals surface area contributed by atoms with Crippen molar-refractivity contribution < 1.29 is 33.3 Å². The summed E-state index contributed by atoms with van der Waals surface area (Å²) in [7, 11) is 1.51. The minimum absolute atomic E-state index is 0.000895. The van der Waals surface area contributed by atoms with Crippen LogP contribution in [0.1, 0.15) is 41.9 Å². The van der Waals surface area contributed by atoms with Gasteiger partial charge in [0.1, 0.15) is 34.6 Å². The van der Waals surface area contributed by atoms with Gasteiger partial charge < -0.3 is 29.1 Å². The summed E-state index contributed by atoms with van der Waals surface area (Å²) in [6, 6.07) is 14.1. The first kappa shape index (κ1) is 32.0. The molecular weight excluding hydrogens is 622 g/mol. The Labute approximate surface area is 272 Å². The van der Waals surface area contributed by atoms with E-state index in [0.717, 1.165) is 0 Å². The van der Waals surface area contributed by atoms with Crippen LogP contribution < -0.4 is 31.5 Å². The number of H-pyrrole nitrogens is 1. The topological polar surface area (TPSA) is 179 Å². The molecule has 13 nitrogen and oxygen atoms in total. The molecule has 3 aromatic rings. The number of aromatic nitrogens is 2. The molecular formula is C35H29N3O10. The summed E-state index contributed by atoms with van der Waals surface area (Å²) in [5, 5.41) is 12.6. The van der Waals surface area contributed by atoms with Gasteiger partial charge in [-0.05, 0) is 55.3 Å². The van der Waals surface area contributed by atoms with E-state index in [2.05, 4.69) is 22.1 Å². The number of aliphatic hydroxyl groups excluding tert-OH is 1. The van der Waals surface area contributed by atoms with Gasteiger partial charge in [0.15, 0.2) is 5.43 Å². The summed E-state index contributed by atoms with van der Waals surface area (Å²) in [6.45, 7) is 0.936. The van der Waals surface area contributed by atoms with E-state index < -0.39 is 35.5 Å². The van der Waals surface area contributed by atoms with Crippen LogP contribution in [-0.2, 0) is 9.53 Å². The Morgan fingerprint density at radius 3 is 2.65 bits per heavy atom. The van der Waals surface area contributed by atoms with Crippen molar-refractivity contribution in [3.8, 4) is 45.8 Å². The number of benzene rings is 3. The van der Waals surface area contributed by atoms with Gasteiger partial charge in [0.2, 0.25) is 0 Å². The van der Waals surface area contributed by atoms with Gasteiger partial charge in [-0.15, -0.1) is 0 Å². The molecule has 0 radical (unpaired) electrons. The molecule has 244 valence electrons. The Bertz CT molecular complexity index is 2270. The van der Waals surface area contributed by atoms with Gasteiger partial charge >= 0.3 is 11.7 Å². The highest BCUT2D eigenvalue weighted by Gasteiger charge is 2.27. The number of hydrogen-bond acceptors (Lipinski definition) is 10. The molecule has 0 bridgehead atoms. The smallest absolute Gasteiger partial charge is 0.330 e. The highest BCUT2D eigenvalue weighted by Crippen LogP contribution is 2.44. The van der Waals surface area contributed by atoms with Crippen LogP contribution in [0.4, 0.5) is 0 Å². The summed E-state index contributed by atoms with van der Waals surface area (Å²) in [6.07, 6.45) is 1.30. The molecule has 48 heavy (non-hydrogen) atoms. The number of aromatic amines is 1. The maximum absolute atomic E-state index is 13.3. The van der Waals surface area contributed by atoms with Crippen molar-refractivity contribution in [2.24, 2.45) is 0 Å². The van der Waals surface area contributed by atoms with Crippen LogP contribution in [0, 0.1) is 11.8 Å². The van der Waals surface area contributed by atoms with Crippen LogP contribution in [0.15, 0.2) is 79.6 Å². The van der Waals surface area contributed by atoms with E-state index in [4.69, 9.17) is 18.6 Å². The molecule has 2 aliphatic heterocycles. The molecule has 6 rings (SSSR count). The standard InChI is InChI=1S/C35H29N3O10/c1-19(40)46-28-11-5-20(14-27(28)32-25-9-6-22(41)15-29(25)48-30-16-23(45-2)7-10-26(30)32)33(42)36-13-3-4-21-17-38(35(44)37-34(21)43)31-12-8-24(18-39)47-31/h5-7,9-11,14-17,24,31,39H,8,12-13,18H2,1-2H3,(H,36,42)(H,37,43,44). The molecule has 3 heterocycles. The van der Waals surface area contributed by atoms with Crippen molar-refractivity contribution in [3.05, 3.63) is 103 Å². The van der Waals surface area contributed by atoms with E-state index in [-0.39, 0.29) is 41.2 Å². The average molecular weight is 652 g/mol. The van der Waals surface area contributed by atoms with E-state index in [9.17, 15) is 29.1 Å². The second kappa shape index (κ2) is 13.4. The Balaban J connectivity index is 1.32. The first-order valence-electron chi connectivity index (χ1n) is 14.9. The number of carbonyl (C=O) groups excluding carboxylic acids is 2. The number of aliphatic hydroxyl groups is 1. The molecule has 1 aliphatic carbocycles. The van der Waals surface area contributed by atoms with Gasteiger partial charge in [-0.2, -0.15) is 0 Å². The van der Waals surface area contributed by atoms with Crippen LogP contribution in [0.2, 0.25) is 0 Å². The minimum Gasteiger partial charge on any atom is -0.497 e. The van der Waals surface area contributed by atoms with E-state index in [1.807, 2.05) is 0 Å². The highest BCUT2D eigenvalue weighted by molar-refractivity contribution is 6.05. The Kier molecular flexibility index (Phi) is 8.93. The van der Waals surface area contributed by atoms with E-state index in [1.165, 1.54) is 49.1 Å². The third-order valence-electron chi connectivity index (χ3n) is 7.79. The Hall–Kier alpha value is -5.97. The van der Waals surface area contributed by atoms with E-state index in [1.54, 1.807) is 30.3 Å². The van der Waals surface area contributed by atoms with Crippen LogP contribution in [-0.4, -0.2) is 52.9 Å². The number of carbonyl (C=O) groups is 2. The lowest BCUT2D eigenvalue weighted by atomic mass is 9.92. The number of fused-ring (bicyclic) bond motifs is 2. The minimum atomic E-state index is -0.687. The third-order valence-corrected chi connectivity index (χ3v) is 7.79. The summed E-state index contributed by atoms with van der Waals surface area (Å²) in [4.78, 5) is 64.6. The molecule has 2 unspecified atom stereocenters. The summed E-state index contributed by atoms with van der Waals surface area (Å²) in [5.74, 6) is 5.31. The molecule has 2 atom stereocenters. The van der Waals surface area contributed by atoms with Crippen LogP contribution >= 0.6 is 0 Å². The Morgan fingerprint density at radius 1 is 1.06 bits per heavy atom. The zero-order chi connectivity index (χ0) is 33.9. The highest BCUT2D eigenvalue weighted by atomic mass is 16.5. The lowest BCUT2D eigenvalue weighted by Gasteiger charge is -2.18. The fourth-order valence-corrected chi connectivity index (χ4v) is 5.56. The second-order valence-electron chi connectivity index (χ2n) is 11.0. The SMILES string of the molecule is COc1ccc2c(-c3cc(C(=O)NCC#Cc4cn(C5CCC(CO)O5)c(=O)[nH]c4=O)ccc3OC(C)=O)c3ccc(=O)cc-3oc2c1. The predicted octanol–water partition coefficient (Wildman–Crippen LogP) is 2.80. The molecule has 3 N–H and O–H groups in total. The van der Waals surface area contributed by atoms with Gasteiger partial charge in [-0.1, -0.05) is 11.8 Å². The second-order valence-corrected chi connectivity index (χ2v) is 11.0. The number of esters is 1. The molecule has 1 aromatic heterocycles. The third kappa shape index (κ3) is 6.48. The monoisotopic (exact) mass is 651 g/mol. The molecule has 0 saturated carbocycles. The van der Waals surface area contributed by atoms with Crippen molar-refractivity contribution in [3.63, 3.8) is 0 Å². The maximum atomic E-state index is 13.3. The molecule has 1 amide bonds. The van der Waals surface area contributed by atoms with E-state index in [0.29, 0.717) is 46.3 Å². The largest absolute Gasteiger partial charge is 0.497 e. The van der Waals surface area contributed by atoms with Gasteiger partial charge in [0.05, 0.1) is 26.4 Å². The fourth-order valence-electron chi connectivity index (χ4n) is 5.56. The molecule has 1 saturated heterocycles. The number of nitrogens with zero attached hydrogens (tertiary/aromatic N) is 1. The number of rotatable bonds is 7. The summed E-state index contributed by atoms with van der Waals surface area (Å²) in [5.41, 5.74) is 0.498. The average Bonchev–Trinajstić information content (AvgIpc) is 3.55. The molecule has 3 aliphatic rings. The predicted molar refractivity (Wildman–Crippen MR) is 173 cm³/mol. The van der Waals surface area contributed by atoms with Crippen molar-refractivity contribution in [1.82, 2.24) is 14.9 Å². The number of ether oxygens (including phenoxy) is 3. The number of methoxy groups -OCH3 is 1. The normalized spacial score (nSPS) is 15.6. The molecule has 13 heteroatoms. The van der Waals surface area contributed by atoms with Crippen LogP contribution in [0.25, 0.3) is 33.4 Å². The maximum Gasteiger partial charge on any atom is 0.330 e. The molecule has 2 aromatic carbocycles. The zero-order valence-electron chi connectivity index (χ0n) is 25.8. The van der Waals surface area contributed by atoms with Gasteiger partial charge in [0, 0.05) is 52.9 Å². The van der Waals surface area contributed by atoms with Crippen LogP contribution in [0.3, 0.4) is 0 Å². The number of nitrogens with one attached hydrogen (secondary N) is 2. The van der Waals surface area contributed by atoms with Crippen molar-refractivity contribution in [2.75, 3.05) is 20.3 Å². The number of amides is 1. The van der Waals surface area contributed by atoms with Crippen molar-refractivity contribution >= 4 is 22.8 Å². The first-order valence-corrected chi connectivity index (χ1v) is 14.9. The molecule has 1 fully saturated rings. The van der Waals surface area contributed by atoms with Gasteiger partial charge in [-0.3, -0.25) is 28.7 Å². The number of hydrogen-bond donors (Lipinski definition) is 3. The zero-order valence-corrected chi connectivity index (χ0v) is 25.8. The van der Waals surface area contributed by atoms with Gasteiger partial charge in [0.25, 0.3) is 11.5 Å². The molecule has 0 spiro atoms. The van der Waals surface area contributed by atoms with Crippen molar-refractivity contribution in [2.45, 2.75) is 32.1 Å². The van der Waals surface area contributed by atoms with Crippen molar-refractivity contribution in [1.29, 1.82) is 0 Å². The van der Waals surface area contributed by atoms with Gasteiger partial charge in [-0.25, -0.2) is 4.79 Å². The lowest BCUT2D eigenvalue weighted by molar-refractivity contribution is -0.131.